The zero-order valence-electron chi connectivity index (χ0n) is 7.30. The van der Waals surface area contributed by atoms with Crippen molar-refractivity contribution in [3.05, 3.63) is 0 Å². The molecule has 2 N–H and O–H groups in total. The summed E-state index contributed by atoms with van der Waals surface area (Å²) in [5, 5.41) is 0. The molecule has 1 saturated heterocycles. The van der Waals surface area contributed by atoms with E-state index in [4.69, 9.17) is 15.2 Å². The Morgan fingerprint density at radius 1 is 1.55 bits per heavy atom. The lowest BCUT2D eigenvalue weighted by Crippen LogP contribution is -2.21. The van der Waals surface area contributed by atoms with Crippen LogP contribution in [0.25, 0.3) is 0 Å². The van der Waals surface area contributed by atoms with Crippen molar-refractivity contribution in [1.82, 2.24) is 0 Å². The molecular weight excluding hydrogens is 142 g/mol. The van der Waals surface area contributed by atoms with E-state index in [9.17, 15) is 0 Å². The van der Waals surface area contributed by atoms with E-state index >= 15 is 0 Å². The van der Waals surface area contributed by atoms with Crippen LogP contribution in [0.3, 0.4) is 0 Å². The third-order valence-electron chi connectivity index (χ3n) is 1.80. The van der Waals surface area contributed by atoms with Crippen LogP contribution in [0.4, 0.5) is 0 Å². The van der Waals surface area contributed by atoms with Crippen molar-refractivity contribution >= 4 is 0 Å². The Morgan fingerprint density at radius 3 is 2.73 bits per heavy atom. The second-order valence-electron chi connectivity index (χ2n) is 3.38. The van der Waals surface area contributed by atoms with E-state index in [2.05, 4.69) is 0 Å². The molecule has 1 aliphatic heterocycles. The number of hydrogen-bond donors (Lipinski definition) is 1. The molecule has 1 atom stereocenters. The van der Waals surface area contributed by atoms with Gasteiger partial charge in [-0.05, 0) is 33.2 Å². The maximum absolute atomic E-state index is 5.57. The molecule has 1 heterocycles. The Balaban J connectivity index is 2.20. The van der Waals surface area contributed by atoms with Gasteiger partial charge in [0.1, 0.15) is 0 Å². The molecule has 3 heteroatoms. The second kappa shape index (κ2) is 3.52. The topological polar surface area (TPSA) is 44.5 Å². The standard InChI is InChI=1S/C8H17NO2/c1-8(2)10-6-7(11-8)4-3-5-9/h7H,3-6,9H2,1-2H3/t7-/m0/s1. The molecule has 11 heavy (non-hydrogen) atoms. The first-order valence-electron chi connectivity index (χ1n) is 4.16. The summed E-state index contributed by atoms with van der Waals surface area (Å²) >= 11 is 0. The van der Waals surface area contributed by atoms with E-state index < -0.39 is 0 Å². The Morgan fingerprint density at radius 2 is 2.27 bits per heavy atom. The van der Waals surface area contributed by atoms with E-state index in [0.29, 0.717) is 6.61 Å². The molecule has 0 bridgehead atoms. The number of ether oxygens (including phenoxy) is 2. The first kappa shape index (κ1) is 8.97. The lowest BCUT2D eigenvalue weighted by Gasteiger charge is -2.16. The largest absolute Gasteiger partial charge is 0.348 e. The molecule has 66 valence electrons. The fraction of sp³-hybridized carbons (Fsp3) is 1.00. The lowest BCUT2D eigenvalue weighted by molar-refractivity contribution is -0.138. The van der Waals surface area contributed by atoms with Crippen molar-refractivity contribution in [2.45, 2.75) is 38.6 Å². The molecule has 0 amide bonds. The van der Waals surface area contributed by atoms with Crippen molar-refractivity contribution in [1.29, 1.82) is 0 Å². The molecule has 1 rings (SSSR count). The zero-order chi connectivity index (χ0) is 8.32. The van der Waals surface area contributed by atoms with E-state index in [0.717, 1.165) is 19.4 Å². The van der Waals surface area contributed by atoms with Gasteiger partial charge in [-0.2, -0.15) is 0 Å². The number of hydrogen-bond acceptors (Lipinski definition) is 3. The molecule has 0 unspecified atom stereocenters. The highest BCUT2D eigenvalue weighted by Gasteiger charge is 2.31. The normalized spacial score (nSPS) is 29.2. The summed E-state index contributed by atoms with van der Waals surface area (Å²) in [6, 6.07) is 0. The Kier molecular flexibility index (Phi) is 2.87. The van der Waals surface area contributed by atoms with Gasteiger partial charge in [0, 0.05) is 0 Å². The average Bonchev–Trinajstić information content (AvgIpc) is 2.26. The van der Waals surface area contributed by atoms with Gasteiger partial charge in [0.05, 0.1) is 12.7 Å². The van der Waals surface area contributed by atoms with Crippen LogP contribution >= 0.6 is 0 Å². The summed E-state index contributed by atoms with van der Waals surface area (Å²) in [5.74, 6) is -0.376. The summed E-state index contributed by atoms with van der Waals surface area (Å²) in [7, 11) is 0. The summed E-state index contributed by atoms with van der Waals surface area (Å²) in [6.07, 6.45) is 2.29. The molecular formula is C8H17NO2. The predicted octanol–water partition coefficient (Wildman–Crippen LogP) is 0.877. The molecule has 3 nitrogen and oxygen atoms in total. The van der Waals surface area contributed by atoms with E-state index in [-0.39, 0.29) is 11.9 Å². The van der Waals surface area contributed by atoms with Crippen molar-refractivity contribution < 1.29 is 9.47 Å². The smallest absolute Gasteiger partial charge is 0.163 e. The van der Waals surface area contributed by atoms with Crippen LogP contribution in [0.1, 0.15) is 26.7 Å². The highest BCUT2D eigenvalue weighted by atomic mass is 16.7. The minimum atomic E-state index is -0.376. The predicted molar refractivity (Wildman–Crippen MR) is 43.2 cm³/mol. The van der Waals surface area contributed by atoms with Crippen molar-refractivity contribution in [2.24, 2.45) is 5.73 Å². The highest BCUT2D eigenvalue weighted by molar-refractivity contribution is 4.70. The first-order valence-corrected chi connectivity index (χ1v) is 4.16. The molecule has 1 fully saturated rings. The van der Waals surface area contributed by atoms with Crippen LogP contribution in [0, 0.1) is 0 Å². The number of nitrogens with two attached hydrogens (primary N) is 1. The lowest BCUT2D eigenvalue weighted by atomic mass is 10.2. The van der Waals surface area contributed by atoms with E-state index in [1.54, 1.807) is 0 Å². The zero-order valence-corrected chi connectivity index (χ0v) is 7.30. The third-order valence-corrected chi connectivity index (χ3v) is 1.80. The molecule has 0 aromatic heterocycles. The molecule has 0 aromatic carbocycles. The maximum atomic E-state index is 5.57. The van der Waals surface area contributed by atoms with E-state index in [1.807, 2.05) is 13.8 Å². The fourth-order valence-electron chi connectivity index (χ4n) is 1.25. The maximum Gasteiger partial charge on any atom is 0.163 e. The van der Waals surface area contributed by atoms with Crippen LogP contribution in [-0.4, -0.2) is 25.0 Å². The number of rotatable bonds is 3. The first-order chi connectivity index (χ1) is 5.14. The van der Waals surface area contributed by atoms with Crippen molar-refractivity contribution in [3.63, 3.8) is 0 Å². The van der Waals surface area contributed by atoms with Gasteiger partial charge in [0.2, 0.25) is 0 Å². The molecule has 0 aliphatic carbocycles. The molecule has 0 saturated carbocycles. The molecule has 1 aliphatic rings. The molecule has 0 radical (unpaired) electrons. The molecule has 0 spiro atoms. The quantitative estimate of drug-likeness (QED) is 0.664. The second-order valence-corrected chi connectivity index (χ2v) is 3.38. The third kappa shape index (κ3) is 2.77. The van der Waals surface area contributed by atoms with Gasteiger partial charge < -0.3 is 15.2 Å². The van der Waals surface area contributed by atoms with Crippen LogP contribution in [0.5, 0.6) is 0 Å². The van der Waals surface area contributed by atoms with Crippen LogP contribution in [-0.2, 0) is 9.47 Å². The Hall–Kier alpha value is -0.120. The minimum absolute atomic E-state index is 0.258. The Bertz CT molecular complexity index is 125. The van der Waals surface area contributed by atoms with Crippen LogP contribution in [0.2, 0.25) is 0 Å². The Labute approximate surface area is 67.9 Å². The van der Waals surface area contributed by atoms with Crippen molar-refractivity contribution in [3.8, 4) is 0 Å². The summed E-state index contributed by atoms with van der Waals surface area (Å²) in [6.45, 7) is 5.33. The average molecular weight is 159 g/mol. The highest BCUT2D eigenvalue weighted by Crippen LogP contribution is 2.24. The van der Waals surface area contributed by atoms with Crippen LogP contribution in [0.15, 0.2) is 0 Å². The van der Waals surface area contributed by atoms with Gasteiger partial charge in [-0.25, -0.2) is 0 Å². The summed E-state index contributed by atoms with van der Waals surface area (Å²) in [4.78, 5) is 0. The van der Waals surface area contributed by atoms with E-state index in [1.165, 1.54) is 0 Å². The summed E-state index contributed by atoms with van der Waals surface area (Å²) in [5.41, 5.74) is 5.38. The van der Waals surface area contributed by atoms with Gasteiger partial charge >= 0.3 is 0 Å². The molecule has 0 aromatic rings. The SMILES string of the molecule is CC1(C)OC[C@H](CCCN)O1. The van der Waals surface area contributed by atoms with Gasteiger partial charge in [0.15, 0.2) is 5.79 Å². The van der Waals surface area contributed by atoms with Crippen LogP contribution < -0.4 is 5.73 Å². The summed E-state index contributed by atoms with van der Waals surface area (Å²) < 4.78 is 11.0. The van der Waals surface area contributed by atoms with Gasteiger partial charge in [-0.3, -0.25) is 0 Å². The monoisotopic (exact) mass is 159 g/mol. The van der Waals surface area contributed by atoms with Crippen molar-refractivity contribution in [2.75, 3.05) is 13.2 Å². The fourth-order valence-corrected chi connectivity index (χ4v) is 1.25. The minimum Gasteiger partial charge on any atom is -0.348 e. The van der Waals surface area contributed by atoms with Gasteiger partial charge in [0.25, 0.3) is 0 Å². The van der Waals surface area contributed by atoms with Gasteiger partial charge in [-0.15, -0.1) is 0 Å². The van der Waals surface area contributed by atoms with Gasteiger partial charge in [-0.1, -0.05) is 0 Å².